The second kappa shape index (κ2) is 7.38. The molecule has 1 aliphatic heterocycles. The number of rotatable bonds is 6. The minimum atomic E-state index is -3.52. The fraction of sp³-hybridized carbons (Fsp3) is 0.923. The lowest BCUT2D eigenvalue weighted by atomic mass is 9.91. The number of nitrogens with zero attached hydrogens (tertiary/aromatic N) is 2. The number of nitrogens with two attached hydrogens (primary N) is 1. The molecule has 1 heterocycles. The van der Waals surface area contributed by atoms with E-state index in [1.54, 1.807) is 18.7 Å². The molecule has 0 saturated carbocycles. The summed E-state index contributed by atoms with van der Waals surface area (Å²) in [5.41, 5.74) is 5.74. The van der Waals surface area contributed by atoms with Crippen molar-refractivity contribution in [3.05, 3.63) is 0 Å². The third-order valence-corrected chi connectivity index (χ3v) is 6.00. The lowest BCUT2D eigenvalue weighted by Gasteiger charge is -2.39. The third kappa shape index (κ3) is 3.93. The van der Waals surface area contributed by atoms with Gasteiger partial charge in [0.25, 0.3) is 0 Å². The first-order chi connectivity index (χ1) is 9.37. The van der Waals surface area contributed by atoms with E-state index in [1.807, 2.05) is 0 Å². The maximum Gasteiger partial charge on any atom is 0.239 e. The number of hydrogen-bond acceptors (Lipinski definition) is 4. The highest BCUT2D eigenvalue weighted by Gasteiger charge is 2.33. The summed E-state index contributed by atoms with van der Waals surface area (Å²) in [6.45, 7) is 7.40. The minimum absolute atomic E-state index is 0.0387. The van der Waals surface area contributed by atoms with Crippen LogP contribution in [0, 0.1) is 5.92 Å². The molecular weight excluding hydrogens is 278 g/mol. The van der Waals surface area contributed by atoms with E-state index in [0.717, 1.165) is 12.8 Å². The smallest absolute Gasteiger partial charge is 0.239 e. The zero-order chi connectivity index (χ0) is 15.3. The number of carbonyl (C=O) groups is 1. The van der Waals surface area contributed by atoms with E-state index < -0.39 is 15.8 Å². The molecule has 1 saturated heterocycles. The lowest BCUT2D eigenvalue weighted by molar-refractivity contribution is -0.133. The van der Waals surface area contributed by atoms with Gasteiger partial charge in [0, 0.05) is 32.2 Å². The standard InChI is InChI=1S/C13H27N3O3S/c1-4-15(5-2)20(18,19)10-13(17)16-8-6-7-11(3)12(16)9-14/h11-12H,4-10,14H2,1-3H3. The van der Waals surface area contributed by atoms with Crippen LogP contribution in [0.2, 0.25) is 0 Å². The van der Waals surface area contributed by atoms with Gasteiger partial charge in [0.1, 0.15) is 5.75 Å². The number of carbonyl (C=O) groups excluding carboxylic acids is 1. The van der Waals surface area contributed by atoms with E-state index in [9.17, 15) is 13.2 Å². The second-order valence-corrected chi connectivity index (χ2v) is 7.32. The van der Waals surface area contributed by atoms with Crippen LogP contribution in [-0.2, 0) is 14.8 Å². The first-order valence-corrected chi connectivity index (χ1v) is 8.95. The quantitative estimate of drug-likeness (QED) is 0.762. The zero-order valence-electron chi connectivity index (χ0n) is 12.7. The van der Waals surface area contributed by atoms with Crippen molar-refractivity contribution in [2.75, 3.05) is 31.9 Å². The van der Waals surface area contributed by atoms with Crippen molar-refractivity contribution in [2.45, 2.75) is 39.7 Å². The van der Waals surface area contributed by atoms with E-state index in [2.05, 4.69) is 6.92 Å². The average Bonchev–Trinajstić information content (AvgIpc) is 2.38. The summed E-state index contributed by atoms with van der Waals surface area (Å²) in [7, 11) is -3.52. The molecule has 118 valence electrons. The van der Waals surface area contributed by atoms with Crippen LogP contribution in [0.4, 0.5) is 0 Å². The molecule has 1 fully saturated rings. The van der Waals surface area contributed by atoms with Gasteiger partial charge in [-0.05, 0) is 18.8 Å². The summed E-state index contributed by atoms with van der Waals surface area (Å²) in [6.07, 6.45) is 1.95. The number of amides is 1. The Hall–Kier alpha value is -0.660. The van der Waals surface area contributed by atoms with Gasteiger partial charge in [-0.1, -0.05) is 20.8 Å². The van der Waals surface area contributed by atoms with Crippen molar-refractivity contribution in [1.82, 2.24) is 9.21 Å². The number of sulfonamides is 1. The zero-order valence-corrected chi connectivity index (χ0v) is 13.5. The fourth-order valence-electron chi connectivity index (χ4n) is 2.87. The van der Waals surface area contributed by atoms with Crippen molar-refractivity contribution in [2.24, 2.45) is 11.7 Å². The molecule has 0 bridgehead atoms. The van der Waals surface area contributed by atoms with Crippen LogP contribution in [-0.4, -0.2) is 61.5 Å². The molecule has 0 spiro atoms. The Bertz CT molecular complexity index is 421. The highest BCUT2D eigenvalue weighted by atomic mass is 32.2. The Labute approximate surface area is 122 Å². The van der Waals surface area contributed by atoms with E-state index >= 15 is 0 Å². The normalized spacial score (nSPS) is 24.1. The predicted octanol–water partition coefficient (Wildman–Crippen LogP) is 0.244. The van der Waals surface area contributed by atoms with Crippen LogP contribution in [0.15, 0.2) is 0 Å². The van der Waals surface area contributed by atoms with Crippen LogP contribution < -0.4 is 5.73 Å². The SMILES string of the molecule is CCN(CC)S(=O)(=O)CC(=O)N1CCCC(C)C1CN. The summed E-state index contributed by atoms with van der Waals surface area (Å²) in [5, 5.41) is 0. The lowest BCUT2D eigenvalue weighted by Crippen LogP contribution is -2.53. The van der Waals surface area contributed by atoms with Crippen LogP contribution >= 0.6 is 0 Å². The van der Waals surface area contributed by atoms with Crippen LogP contribution in [0.3, 0.4) is 0 Å². The summed E-state index contributed by atoms with van der Waals surface area (Å²) < 4.78 is 25.7. The maximum atomic E-state index is 12.3. The molecule has 1 aliphatic rings. The van der Waals surface area contributed by atoms with Crippen molar-refractivity contribution in [3.8, 4) is 0 Å². The van der Waals surface area contributed by atoms with Gasteiger partial charge in [-0.2, -0.15) is 0 Å². The van der Waals surface area contributed by atoms with Crippen molar-refractivity contribution in [3.63, 3.8) is 0 Å². The highest BCUT2D eigenvalue weighted by molar-refractivity contribution is 7.89. The fourth-order valence-corrected chi connectivity index (χ4v) is 4.31. The van der Waals surface area contributed by atoms with Gasteiger partial charge in [-0.3, -0.25) is 4.79 Å². The van der Waals surface area contributed by atoms with Gasteiger partial charge in [-0.15, -0.1) is 0 Å². The second-order valence-electron chi connectivity index (χ2n) is 5.35. The largest absolute Gasteiger partial charge is 0.337 e. The average molecular weight is 305 g/mol. The Morgan fingerprint density at radius 3 is 2.45 bits per heavy atom. The molecule has 1 amide bonds. The number of likely N-dealkylation sites (tertiary alicyclic amines) is 1. The molecule has 0 aliphatic carbocycles. The van der Waals surface area contributed by atoms with Crippen molar-refractivity contribution in [1.29, 1.82) is 0 Å². The molecule has 2 atom stereocenters. The van der Waals surface area contributed by atoms with Crippen molar-refractivity contribution >= 4 is 15.9 Å². The number of piperidine rings is 1. The Morgan fingerprint density at radius 1 is 1.35 bits per heavy atom. The van der Waals surface area contributed by atoms with Gasteiger partial charge in [-0.25, -0.2) is 12.7 Å². The summed E-state index contributed by atoms with van der Waals surface area (Å²) in [5.74, 6) is -0.439. The molecule has 0 aromatic rings. The molecule has 0 aromatic heterocycles. The van der Waals surface area contributed by atoms with Gasteiger partial charge in [0.2, 0.25) is 15.9 Å². The van der Waals surface area contributed by atoms with Gasteiger partial charge < -0.3 is 10.6 Å². The molecule has 0 aromatic carbocycles. The molecule has 2 N–H and O–H groups in total. The summed E-state index contributed by atoms with van der Waals surface area (Å²) in [4.78, 5) is 14.0. The van der Waals surface area contributed by atoms with Crippen molar-refractivity contribution < 1.29 is 13.2 Å². The Balaban J connectivity index is 2.79. The third-order valence-electron chi connectivity index (χ3n) is 4.08. The van der Waals surface area contributed by atoms with E-state index in [-0.39, 0.29) is 11.9 Å². The van der Waals surface area contributed by atoms with Gasteiger partial charge >= 0.3 is 0 Å². The van der Waals surface area contributed by atoms with E-state index in [4.69, 9.17) is 5.73 Å². The first-order valence-electron chi connectivity index (χ1n) is 7.34. The van der Waals surface area contributed by atoms with Crippen LogP contribution in [0.25, 0.3) is 0 Å². The molecule has 20 heavy (non-hydrogen) atoms. The summed E-state index contributed by atoms with van der Waals surface area (Å²) in [6, 6.07) is -0.0387. The maximum absolute atomic E-state index is 12.3. The van der Waals surface area contributed by atoms with Crippen LogP contribution in [0.1, 0.15) is 33.6 Å². The molecule has 6 nitrogen and oxygen atoms in total. The molecule has 2 unspecified atom stereocenters. The van der Waals surface area contributed by atoms with Gasteiger partial charge in [0.15, 0.2) is 0 Å². The number of hydrogen-bond donors (Lipinski definition) is 1. The molecule has 0 radical (unpaired) electrons. The van der Waals surface area contributed by atoms with Crippen LogP contribution in [0.5, 0.6) is 0 Å². The van der Waals surface area contributed by atoms with Gasteiger partial charge in [0.05, 0.1) is 0 Å². The molecule has 7 heteroatoms. The highest BCUT2D eigenvalue weighted by Crippen LogP contribution is 2.23. The molecular formula is C13H27N3O3S. The minimum Gasteiger partial charge on any atom is -0.337 e. The van der Waals surface area contributed by atoms with E-state index in [1.165, 1.54) is 4.31 Å². The predicted molar refractivity (Wildman–Crippen MR) is 79.7 cm³/mol. The topological polar surface area (TPSA) is 83.7 Å². The summed E-state index contributed by atoms with van der Waals surface area (Å²) >= 11 is 0. The van der Waals surface area contributed by atoms with E-state index in [0.29, 0.717) is 32.1 Å². The molecule has 1 rings (SSSR count). The monoisotopic (exact) mass is 305 g/mol. The Morgan fingerprint density at radius 2 is 1.95 bits per heavy atom. The Kier molecular flexibility index (Phi) is 6.42. The first kappa shape index (κ1) is 17.4.